The second-order valence-corrected chi connectivity index (χ2v) is 13.5. The topological polar surface area (TPSA) is 95.2 Å². The van der Waals surface area contributed by atoms with E-state index in [2.05, 4.69) is 13.8 Å². The van der Waals surface area contributed by atoms with E-state index in [1.54, 1.807) is 22.9 Å². The number of fused-ring (bicyclic) bond motifs is 8. The molecule has 0 amide bonds. The van der Waals surface area contributed by atoms with Gasteiger partial charge in [-0.3, -0.25) is 0 Å². The Balaban J connectivity index is 1.19. The highest BCUT2D eigenvalue weighted by Crippen LogP contribution is 2.74. The molecule has 0 bridgehead atoms. The third-order valence-corrected chi connectivity index (χ3v) is 12.0. The lowest BCUT2D eigenvalue weighted by Crippen LogP contribution is -2.72. The molecule has 2 aromatic rings. The molecule has 2 aliphatic heterocycles. The van der Waals surface area contributed by atoms with E-state index in [9.17, 15) is 10.2 Å². The summed E-state index contributed by atoms with van der Waals surface area (Å²) < 4.78 is 44.3. The maximum absolute atomic E-state index is 18.1. The van der Waals surface area contributed by atoms with Crippen LogP contribution in [0.5, 0.6) is 5.75 Å². The van der Waals surface area contributed by atoms with Crippen molar-refractivity contribution in [2.75, 3.05) is 20.2 Å². The van der Waals surface area contributed by atoms with Gasteiger partial charge in [0.05, 0.1) is 17.5 Å². The van der Waals surface area contributed by atoms with E-state index in [0.717, 1.165) is 35.4 Å². The molecule has 8 rings (SSSR count). The van der Waals surface area contributed by atoms with E-state index < -0.39 is 34.0 Å². The largest absolute Gasteiger partial charge is 0.508 e. The Hall–Kier alpha value is -2.30. The molecule has 2 spiro atoms. The summed E-state index contributed by atoms with van der Waals surface area (Å²) in [5, 5.41) is 26.7. The van der Waals surface area contributed by atoms with Gasteiger partial charge in [0.1, 0.15) is 23.6 Å². The number of halogens is 1. The first-order chi connectivity index (χ1) is 19.1. The Labute approximate surface area is 233 Å². The average molecular weight is 553 g/mol. The second kappa shape index (κ2) is 7.95. The Morgan fingerprint density at radius 2 is 1.95 bits per heavy atom. The van der Waals surface area contributed by atoms with Crippen LogP contribution >= 0.6 is 0 Å². The molecule has 1 aromatic heterocycles. The quantitative estimate of drug-likeness (QED) is 0.538. The number of phenolic OH excluding ortho intramolecular Hbond substituents is 1. The summed E-state index contributed by atoms with van der Waals surface area (Å²) in [4.78, 5) is 0. The van der Waals surface area contributed by atoms with E-state index >= 15 is 4.39 Å². The molecule has 3 saturated carbocycles. The van der Waals surface area contributed by atoms with Crippen LogP contribution in [0.1, 0.15) is 57.7 Å². The number of aliphatic hydroxyl groups is 1. The Bertz CT molecular complexity index is 1410. The van der Waals surface area contributed by atoms with Crippen LogP contribution in [0.25, 0.3) is 11.8 Å². The maximum atomic E-state index is 18.1. The molecule has 40 heavy (non-hydrogen) atoms. The normalized spacial score (nSPS) is 47.2. The van der Waals surface area contributed by atoms with Gasteiger partial charge < -0.3 is 29.2 Å². The molecule has 2 saturated heterocycles. The van der Waals surface area contributed by atoms with E-state index in [0.29, 0.717) is 12.8 Å². The standard InChI is InChI=1S/C31H37FN2O6/c1-18-9-24-23-8-7-20-10-25-19(14-34(33-25)21-5-4-6-22(35)11-21)12-27(20,2)30(23,32)26(36)13-28(24,3)31(18)29(39-17-40-31)15-37-16-38-29/h4-6,10-11,14,18,23-24,26,35-36H,7-9,12-13,15-17H2,1-3H3/t18-,23+,24+,26+,27+,28+,29?,30+,31-/m1/s1. The number of aromatic nitrogens is 2. The SMILES string of the molecule is C[C@@H]1C[C@H]2[C@@H]3CCC4=Cc5nn(-c6cccc(O)c6)cc5C[C@]4(C)[C@@]3(F)[C@@H](O)C[C@]2(C)[C@]12OCOC21COCO1. The Kier molecular flexibility index (Phi) is 5.05. The van der Waals surface area contributed by atoms with Gasteiger partial charge in [0.2, 0.25) is 5.79 Å². The summed E-state index contributed by atoms with van der Waals surface area (Å²) in [6.07, 6.45) is 5.72. The Morgan fingerprint density at radius 1 is 1.12 bits per heavy atom. The van der Waals surface area contributed by atoms with Crippen molar-refractivity contribution in [1.82, 2.24) is 9.78 Å². The zero-order valence-electron chi connectivity index (χ0n) is 23.2. The average Bonchev–Trinajstić information content (AvgIpc) is 3.69. The van der Waals surface area contributed by atoms with Gasteiger partial charge in [-0.25, -0.2) is 9.07 Å². The first kappa shape index (κ1) is 25.4. The number of allylic oxidation sites excluding steroid dienone is 1. The maximum Gasteiger partial charge on any atom is 0.227 e. The predicted octanol–water partition coefficient (Wildman–Crippen LogP) is 4.51. The number of alkyl halides is 1. The minimum absolute atomic E-state index is 0.00605. The molecular formula is C31H37FN2O6. The van der Waals surface area contributed by atoms with Gasteiger partial charge in [-0.05, 0) is 67.7 Å². The van der Waals surface area contributed by atoms with Crippen LogP contribution in [0.4, 0.5) is 4.39 Å². The monoisotopic (exact) mass is 552 g/mol. The molecule has 214 valence electrons. The lowest BCUT2D eigenvalue weighted by molar-refractivity contribution is -0.279. The van der Waals surface area contributed by atoms with Crippen LogP contribution in [-0.4, -0.2) is 63.3 Å². The lowest BCUT2D eigenvalue weighted by Gasteiger charge is -2.64. The lowest BCUT2D eigenvalue weighted by atomic mass is 9.43. The first-order valence-corrected chi connectivity index (χ1v) is 14.5. The van der Waals surface area contributed by atoms with Crippen LogP contribution in [-0.2, 0) is 25.4 Å². The van der Waals surface area contributed by atoms with Crippen molar-refractivity contribution in [3.63, 3.8) is 0 Å². The predicted molar refractivity (Wildman–Crippen MR) is 142 cm³/mol. The third kappa shape index (κ3) is 2.76. The van der Waals surface area contributed by atoms with Crippen LogP contribution < -0.4 is 0 Å². The van der Waals surface area contributed by atoms with Gasteiger partial charge in [-0.1, -0.05) is 32.4 Å². The molecule has 2 N–H and O–H groups in total. The first-order valence-electron chi connectivity index (χ1n) is 14.5. The molecule has 5 fully saturated rings. The minimum Gasteiger partial charge on any atom is -0.508 e. The van der Waals surface area contributed by atoms with Gasteiger partial charge in [0.15, 0.2) is 13.6 Å². The fraction of sp³-hybridized carbons (Fsp3) is 0.645. The zero-order valence-corrected chi connectivity index (χ0v) is 23.2. The number of aliphatic hydroxyl groups excluding tert-OH is 1. The van der Waals surface area contributed by atoms with Gasteiger partial charge in [0.25, 0.3) is 0 Å². The number of hydrogen-bond acceptors (Lipinski definition) is 7. The second-order valence-electron chi connectivity index (χ2n) is 13.5. The summed E-state index contributed by atoms with van der Waals surface area (Å²) in [6.45, 7) is 6.85. The molecule has 4 aliphatic carbocycles. The molecule has 1 aromatic carbocycles. The molecule has 1 unspecified atom stereocenters. The summed E-state index contributed by atoms with van der Waals surface area (Å²) in [5.74, 6) is -1.16. The summed E-state index contributed by atoms with van der Waals surface area (Å²) >= 11 is 0. The highest BCUT2D eigenvalue weighted by molar-refractivity contribution is 5.61. The third-order valence-electron chi connectivity index (χ3n) is 12.0. The van der Waals surface area contributed by atoms with Crippen molar-refractivity contribution in [1.29, 1.82) is 0 Å². The van der Waals surface area contributed by atoms with Crippen molar-refractivity contribution < 1.29 is 33.6 Å². The van der Waals surface area contributed by atoms with Crippen LogP contribution in [0.2, 0.25) is 0 Å². The summed E-state index contributed by atoms with van der Waals surface area (Å²) in [7, 11) is 0. The molecule has 0 radical (unpaired) electrons. The van der Waals surface area contributed by atoms with Crippen molar-refractivity contribution in [3.8, 4) is 11.4 Å². The highest BCUT2D eigenvalue weighted by atomic mass is 19.1. The van der Waals surface area contributed by atoms with Crippen molar-refractivity contribution in [2.24, 2.45) is 28.6 Å². The fourth-order valence-corrected chi connectivity index (χ4v) is 10.3. The van der Waals surface area contributed by atoms with E-state index in [1.165, 1.54) is 0 Å². The number of benzene rings is 1. The molecule has 8 nitrogen and oxygen atoms in total. The smallest absolute Gasteiger partial charge is 0.227 e. The van der Waals surface area contributed by atoms with Crippen LogP contribution in [0.15, 0.2) is 36.0 Å². The van der Waals surface area contributed by atoms with Crippen molar-refractivity contribution in [2.45, 2.75) is 76.0 Å². The summed E-state index contributed by atoms with van der Waals surface area (Å²) in [6, 6.07) is 6.95. The highest BCUT2D eigenvalue weighted by Gasteiger charge is 2.81. The van der Waals surface area contributed by atoms with Gasteiger partial charge in [0, 0.05) is 29.0 Å². The van der Waals surface area contributed by atoms with Gasteiger partial charge >= 0.3 is 0 Å². The number of aromatic hydroxyl groups is 1. The summed E-state index contributed by atoms with van der Waals surface area (Å²) in [5.41, 5.74) is -0.489. The number of rotatable bonds is 1. The number of hydrogen-bond donors (Lipinski definition) is 2. The fourth-order valence-electron chi connectivity index (χ4n) is 10.3. The van der Waals surface area contributed by atoms with Crippen molar-refractivity contribution in [3.05, 3.63) is 47.3 Å². The molecule has 9 atom stereocenters. The van der Waals surface area contributed by atoms with Gasteiger partial charge in [-0.15, -0.1) is 0 Å². The molecular weight excluding hydrogens is 515 g/mol. The van der Waals surface area contributed by atoms with Crippen molar-refractivity contribution >= 4 is 6.08 Å². The number of phenols is 1. The van der Waals surface area contributed by atoms with Gasteiger partial charge in [-0.2, -0.15) is 5.10 Å². The molecule has 9 heteroatoms. The Morgan fingerprint density at radius 3 is 2.73 bits per heavy atom. The number of nitrogens with zero attached hydrogens (tertiary/aromatic N) is 2. The zero-order chi connectivity index (χ0) is 27.7. The van der Waals surface area contributed by atoms with Crippen LogP contribution in [0.3, 0.4) is 0 Å². The van der Waals surface area contributed by atoms with E-state index in [-0.39, 0.29) is 50.1 Å². The molecule has 3 heterocycles. The molecule has 6 aliphatic rings. The minimum atomic E-state index is -1.81. The van der Waals surface area contributed by atoms with E-state index in [1.807, 2.05) is 25.3 Å². The van der Waals surface area contributed by atoms with E-state index in [4.69, 9.17) is 24.0 Å². The number of ether oxygens (including phenoxy) is 4. The van der Waals surface area contributed by atoms with Crippen LogP contribution in [0, 0.1) is 28.6 Å².